The molecule has 1 fully saturated rings. The van der Waals surface area contributed by atoms with Gasteiger partial charge in [0.25, 0.3) is 5.24 Å². The average molecular weight is 486 g/mol. The quantitative estimate of drug-likeness (QED) is 0.458. The smallest absolute Gasteiger partial charge is 0.497 e. The molecule has 0 bridgehead atoms. The van der Waals surface area contributed by atoms with Crippen molar-refractivity contribution in [1.29, 1.82) is 0 Å². The fourth-order valence-corrected chi connectivity index (χ4v) is 4.26. The largest absolute Gasteiger partial charge is 0.519 e. The van der Waals surface area contributed by atoms with Crippen LogP contribution in [0.15, 0.2) is 62.2 Å². The molecule has 2 unspecified atom stereocenters. The van der Waals surface area contributed by atoms with Crippen molar-refractivity contribution < 1.29 is 32.6 Å². The molecule has 1 aliphatic rings. The molecule has 178 valence electrons. The fourth-order valence-electron chi connectivity index (χ4n) is 3.40. The molecular weight excluding hydrogens is 462 g/mol. The summed E-state index contributed by atoms with van der Waals surface area (Å²) in [5, 5.41) is 1.56. The highest BCUT2D eigenvalue weighted by molar-refractivity contribution is 8.15. The Hall–Kier alpha value is -3.50. The molecule has 1 saturated heterocycles. The van der Waals surface area contributed by atoms with Gasteiger partial charge in [0.1, 0.15) is 36.6 Å². The summed E-state index contributed by atoms with van der Waals surface area (Å²) in [5.74, 6) is 0.927. The number of nitrogens with one attached hydrogen (secondary N) is 1. The first kappa shape index (κ1) is 23.7. The van der Waals surface area contributed by atoms with Crippen LogP contribution in [0.2, 0.25) is 0 Å². The van der Waals surface area contributed by atoms with Crippen molar-refractivity contribution in [2.75, 3.05) is 13.7 Å². The van der Waals surface area contributed by atoms with Gasteiger partial charge in [-0.2, -0.15) is 0 Å². The number of hydrogen-bond acceptors (Lipinski definition) is 9. The number of rotatable bonds is 10. The van der Waals surface area contributed by atoms with Crippen LogP contribution in [-0.2, 0) is 22.6 Å². The Bertz CT molecular complexity index is 1220. The standard InChI is InChI=1S/C24H23NO8S/c1-14-19(33-24(28)32-14)12-31-20(16-4-3-5-18(11-16)29-2)13-30-17-8-6-15(7-9-17)10-21-22(26)25-23(27)34-21/h3-9,11,20-21H,10,12-13H2,1-2H3,(H,25,26,27). The van der Waals surface area contributed by atoms with E-state index in [0.717, 1.165) is 22.9 Å². The van der Waals surface area contributed by atoms with Crippen molar-refractivity contribution in [2.24, 2.45) is 0 Å². The minimum atomic E-state index is -0.775. The van der Waals surface area contributed by atoms with E-state index in [2.05, 4.69) is 5.32 Å². The molecular formula is C24H23NO8S. The monoisotopic (exact) mass is 485 g/mol. The highest BCUT2D eigenvalue weighted by Gasteiger charge is 2.31. The molecule has 0 saturated carbocycles. The number of carbonyl (C=O) groups excluding carboxylic acids is 2. The molecule has 1 aliphatic heterocycles. The average Bonchev–Trinajstić information content (AvgIpc) is 3.33. The second-order valence-electron chi connectivity index (χ2n) is 7.55. The van der Waals surface area contributed by atoms with Gasteiger partial charge in [0.05, 0.1) is 12.4 Å². The molecule has 0 radical (unpaired) electrons. The molecule has 0 spiro atoms. The Morgan fingerprint density at radius 2 is 1.85 bits per heavy atom. The van der Waals surface area contributed by atoms with E-state index in [0.29, 0.717) is 29.4 Å². The number of hydrogen-bond donors (Lipinski definition) is 1. The van der Waals surface area contributed by atoms with E-state index in [9.17, 15) is 14.4 Å². The highest BCUT2D eigenvalue weighted by Crippen LogP contribution is 2.27. The molecule has 34 heavy (non-hydrogen) atoms. The lowest BCUT2D eigenvalue weighted by Crippen LogP contribution is -2.25. The lowest BCUT2D eigenvalue weighted by molar-refractivity contribution is -0.118. The Labute approximate surface area is 199 Å². The van der Waals surface area contributed by atoms with Gasteiger partial charge in [0.2, 0.25) is 5.91 Å². The van der Waals surface area contributed by atoms with Gasteiger partial charge in [-0.3, -0.25) is 14.9 Å². The van der Waals surface area contributed by atoms with Gasteiger partial charge in [0.15, 0.2) is 5.76 Å². The van der Waals surface area contributed by atoms with E-state index in [1.165, 1.54) is 0 Å². The van der Waals surface area contributed by atoms with E-state index in [4.69, 9.17) is 23.0 Å². The van der Waals surface area contributed by atoms with Gasteiger partial charge in [-0.05, 0) is 48.7 Å². The van der Waals surface area contributed by atoms with Crippen LogP contribution in [0.1, 0.15) is 28.8 Å². The summed E-state index contributed by atoms with van der Waals surface area (Å²) >= 11 is 1.00. The zero-order valence-electron chi connectivity index (χ0n) is 18.6. The fraction of sp³-hybridized carbons (Fsp3) is 0.292. The van der Waals surface area contributed by atoms with E-state index in [1.54, 1.807) is 26.2 Å². The van der Waals surface area contributed by atoms with Crippen LogP contribution in [0, 0.1) is 6.92 Å². The van der Waals surface area contributed by atoms with Gasteiger partial charge in [0, 0.05) is 0 Å². The lowest BCUT2D eigenvalue weighted by atomic mass is 10.1. The first-order chi connectivity index (χ1) is 16.4. The number of methoxy groups -OCH3 is 1. The molecule has 2 aromatic carbocycles. The SMILES string of the molecule is COc1cccc(C(COc2ccc(CC3SC(=O)NC3=O)cc2)OCc2oc(=O)oc2C)c1. The van der Waals surface area contributed by atoms with Crippen molar-refractivity contribution in [1.82, 2.24) is 5.32 Å². The predicted molar refractivity (Wildman–Crippen MR) is 123 cm³/mol. The third kappa shape index (κ3) is 5.89. The molecule has 0 aliphatic carbocycles. The number of imide groups is 1. The second kappa shape index (κ2) is 10.6. The van der Waals surface area contributed by atoms with Crippen LogP contribution in [0.4, 0.5) is 4.79 Å². The molecule has 9 nitrogen and oxygen atoms in total. The molecule has 3 aromatic rings. The zero-order chi connectivity index (χ0) is 24.1. The third-order valence-electron chi connectivity index (χ3n) is 5.23. The highest BCUT2D eigenvalue weighted by atomic mass is 32.2. The summed E-state index contributed by atoms with van der Waals surface area (Å²) in [6.07, 6.45) is -0.0354. The lowest BCUT2D eigenvalue weighted by Gasteiger charge is -2.19. The molecule has 2 amide bonds. The van der Waals surface area contributed by atoms with Crippen LogP contribution >= 0.6 is 11.8 Å². The van der Waals surface area contributed by atoms with Crippen LogP contribution in [0.25, 0.3) is 0 Å². The third-order valence-corrected chi connectivity index (χ3v) is 6.21. The maximum Gasteiger partial charge on any atom is 0.519 e. The Morgan fingerprint density at radius 1 is 1.06 bits per heavy atom. The topological polar surface area (TPSA) is 117 Å². The minimum absolute atomic E-state index is 0.0294. The summed E-state index contributed by atoms with van der Waals surface area (Å²) in [5.41, 5.74) is 1.74. The van der Waals surface area contributed by atoms with Gasteiger partial charge >= 0.3 is 5.82 Å². The summed E-state index contributed by atoms with van der Waals surface area (Å²) in [6.45, 7) is 1.84. The predicted octanol–water partition coefficient (Wildman–Crippen LogP) is 3.78. The summed E-state index contributed by atoms with van der Waals surface area (Å²) in [6, 6.07) is 14.7. The first-order valence-electron chi connectivity index (χ1n) is 10.5. The molecule has 10 heteroatoms. The Balaban J connectivity index is 1.42. The minimum Gasteiger partial charge on any atom is -0.497 e. The zero-order valence-corrected chi connectivity index (χ0v) is 19.4. The maximum absolute atomic E-state index is 11.8. The summed E-state index contributed by atoms with van der Waals surface area (Å²) in [4.78, 5) is 34.4. The second-order valence-corrected chi connectivity index (χ2v) is 8.73. The van der Waals surface area contributed by atoms with Crippen LogP contribution in [0.3, 0.4) is 0 Å². The number of thioether (sulfide) groups is 1. The number of aryl methyl sites for hydroxylation is 1. The molecule has 2 heterocycles. The molecule has 1 N–H and O–H groups in total. The first-order valence-corrected chi connectivity index (χ1v) is 11.4. The number of ether oxygens (including phenoxy) is 3. The molecule has 2 atom stereocenters. The van der Waals surface area contributed by atoms with Crippen molar-refractivity contribution in [3.05, 3.63) is 81.8 Å². The molecule has 1 aromatic heterocycles. The molecule has 4 rings (SSSR count). The van der Waals surface area contributed by atoms with Crippen molar-refractivity contribution in [3.63, 3.8) is 0 Å². The van der Waals surface area contributed by atoms with E-state index in [1.807, 2.05) is 36.4 Å². The number of carbonyl (C=O) groups is 2. The van der Waals surface area contributed by atoms with Crippen molar-refractivity contribution in [3.8, 4) is 11.5 Å². The van der Waals surface area contributed by atoms with Gasteiger partial charge in [-0.25, -0.2) is 4.79 Å². The van der Waals surface area contributed by atoms with Crippen LogP contribution < -0.4 is 20.6 Å². The number of amides is 2. The summed E-state index contributed by atoms with van der Waals surface area (Å²) < 4.78 is 27.2. The Morgan fingerprint density at radius 3 is 2.50 bits per heavy atom. The summed E-state index contributed by atoms with van der Waals surface area (Å²) in [7, 11) is 1.58. The maximum atomic E-state index is 11.8. The van der Waals surface area contributed by atoms with Gasteiger partial charge in [-0.15, -0.1) is 0 Å². The van der Waals surface area contributed by atoms with Gasteiger partial charge < -0.3 is 23.0 Å². The Kier molecular flexibility index (Phi) is 7.39. The van der Waals surface area contributed by atoms with Crippen molar-refractivity contribution >= 4 is 22.9 Å². The van der Waals surface area contributed by atoms with E-state index < -0.39 is 17.2 Å². The van der Waals surface area contributed by atoms with Crippen LogP contribution in [0.5, 0.6) is 11.5 Å². The van der Waals surface area contributed by atoms with Crippen molar-refractivity contribution in [2.45, 2.75) is 31.3 Å². The normalized spacial score (nSPS) is 16.4. The van der Waals surface area contributed by atoms with Crippen LogP contribution in [-0.4, -0.2) is 30.1 Å². The number of benzene rings is 2. The van der Waals surface area contributed by atoms with E-state index in [-0.39, 0.29) is 24.4 Å². The van der Waals surface area contributed by atoms with Gasteiger partial charge in [-0.1, -0.05) is 36.0 Å². The van der Waals surface area contributed by atoms with E-state index >= 15 is 0 Å².